The smallest absolute Gasteiger partial charge is 0.160 e. The fourth-order valence-corrected chi connectivity index (χ4v) is 7.49. The average Bonchev–Trinajstić information content (AvgIpc) is 3.60. The molecule has 0 spiro atoms. The molecule has 0 N–H and O–H groups in total. The summed E-state index contributed by atoms with van der Waals surface area (Å²) in [6.45, 7) is 0. The molecular weight excluding hydrogens is 621 g/mol. The van der Waals surface area contributed by atoms with Crippen LogP contribution in [0.4, 0.5) is 0 Å². The first kappa shape index (κ1) is 29.1. The maximum Gasteiger partial charge on any atom is 0.160 e. The summed E-state index contributed by atoms with van der Waals surface area (Å²) < 4.78 is 6.22. The summed E-state index contributed by atoms with van der Waals surface area (Å²) in [5, 5.41) is 5.58. The molecule has 0 atom stereocenters. The number of aromatic nitrogens is 2. The Morgan fingerprint density at radius 1 is 0.353 bits per heavy atom. The van der Waals surface area contributed by atoms with Gasteiger partial charge >= 0.3 is 0 Å². The van der Waals surface area contributed by atoms with Gasteiger partial charge in [0.1, 0.15) is 11.2 Å². The zero-order chi connectivity index (χ0) is 33.7. The minimum absolute atomic E-state index is 0.718. The third-order valence-electron chi connectivity index (χ3n) is 9.87. The van der Waals surface area contributed by atoms with E-state index in [1.165, 1.54) is 5.56 Å². The molecule has 238 valence electrons. The molecule has 0 unspecified atom stereocenters. The van der Waals surface area contributed by atoms with Crippen molar-refractivity contribution in [1.29, 1.82) is 0 Å². The lowest BCUT2D eigenvalue weighted by molar-refractivity contribution is 0.669. The molecule has 8 aromatic carbocycles. The van der Waals surface area contributed by atoms with Gasteiger partial charge in [0.2, 0.25) is 0 Å². The normalized spacial score (nSPS) is 11.5. The molecule has 0 saturated carbocycles. The predicted octanol–water partition coefficient (Wildman–Crippen LogP) is 13.0. The topological polar surface area (TPSA) is 38.9 Å². The number of hydrogen-bond acceptors (Lipinski definition) is 3. The molecule has 3 nitrogen and oxygen atoms in total. The van der Waals surface area contributed by atoms with Gasteiger partial charge < -0.3 is 4.42 Å². The Kier molecular flexibility index (Phi) is 6.81. The molecule has 0 aliphatic rings. The van der Waals surface area contributed by atoms with Crippen molar-refractivity contribution in [2.24, 2.45) is 0 Å². The number of furan rings is 1. The first-order valence-electron chi connectivity index (χ1n) is 17.2. The van der Waals surface area contributed by atoms with Crippen molar-refractivity contribution in [3.63, 3.8) is 0 Å². The van der Waals surface area contributed by atoms with Crippen LogP contribution < -0.4 is 0 Å². The van der Waals surface area contributed by atoms with Gasteiger partial charge in [0, 0.05) is 32.7 Å². The van der Waals surface area contributed by atoms with Crippen LogP contribution in [0, 0.1) is 0 Å². The summed E-state index contributed by atoms with van der Waals surface area (Å²) in [5.41, 5.74) is 12.7. The first-order valence-corrected chi connectivity index (χ1v) is 17.2. The second kappa shape index (κ2) is 11.9. The van der Waals surface area contributed by atoms with Crippen LogP contribution in [0.1, 0.15) is 0 Å². The van der Waals surface area contributed by atoms with E-state index in [0.717, 1.165) is 94.1 Å². The number of benzene rings is 8. The quantitative estimate of drug-likeness (QED) is 0.174. The Morgan fingerprint density at radius 3 is 1.67 bits per heavy atom. The molecule has 0 radical (unpaired) electrons. The van der Waals surface area contributed by atoms with E-state index in [4.69, 9.17) is 14.4 Å². The fraction of sp³-hybridized carbons (Fsp3) is 0. The minimum Gasteiger partial charge on any atom is -0.456 e. The number of hydrogen-bond donors (Lipinski definition) is 0. The van der Waals surface area contributed by atoms with Gasteiger partial charge in [0.05, 0.1) is 11.2 Å². The number of rotatable bonds is 5. The van der Waals surface area contributed by atoms with E-state index in [9.17, 15) is 0 Å². The minimum atomic E-state index is 0.718. The van der Waals surface area contributed by atoms with Crippen LogP contribution in [-0.2, 0) is 0 Å². The largest absolute Gasteiger partial charge is 0.456 e. The maximum absolute atomic E-state index is 6.22. The summed E-state index contributed by atoms with van der Waals surface area (Å²) in [5.74, 6) is 0.718. The van der Waals surface area contributed by atoms with E-state index < -0.39 is 0 Å². The second-order valence-electron chi connectivity index (χ2n) is 12.9. The fourth-order valence-electron chi connectivity index (χ4n) is 7.49. The van der Waals surface area contributed by atoms with Crippen LogP contribution in [0.5, 0.6) is 0 Å². The van der Waals surface area contributed by atoms with Crippen molar-refractivity contribution in [1.82, 2.24) is 9.97 Å². The summed E-state index contributed by atoms with van der Waals surface area (Å²) in [6, 6.07) is 63.9. The van der Waals surface area contributed by atoms with Crippen LogP contribution in [0.15, 0.2) is 186 Å². The Balaban J connectivity index is 1.15. The maximum atomic E-state index is 6.22. The zero-order valence-electron chi connectivity index (χ0n) is 27.6. The van der Waals surface area contributed by atoms with Crippen LogP contribution in [-0.4, -0.2) is 9.97 Å². The van der Waals surface area contributed by atoms with Crippen LogP contribution >= 0.6 is 0 Å². The lowest BCUT2D eigenvalue weighted by Gasteiger charge is -2.15. The van der Waals surface area contributed by atoms with Crippen molar-refractivity contribution in [2.75, 3.05) is 0 Å². The summed E-state index contributed by atoms with van der Waals surface area (Å²) in [7, 11) is 0. The van der Waals surface area contributed by atoms with Crippen molar-refractivity contribution >= 4 is 43.6 Å². The third kappa shape index (κ3) is 4.98. The highest BCUT2D eigenvalue weighted by Crippen LogP contribution is 2.40. The number of para-hydroxylation sites is 1. The molecule has 0 fully saturated rings. The van der Waals surface area contributed by atoms with E-state index in [1.807, 2.05) is 36.4 Å². The lowest BCUT2D eigenvalue weighted by Crippen LogP contribution is -1.96. The molecule has 0 saturated heterocycles. The van der Waals surface area contributed by atoms with Crippen LogP contribution in [0.3, 0.4) is 0 Å². The van der Waals surface area contributed by atoms with E-state index in [-0.39, 0.29) is 0 Å². The molecule has 2 heterocycles. The molecule has 0 bridgehead atoms. The second-order valence-corrected chi connectivity index (χ2v) is 12.9. The molecule has 3 heteroatoms. The standard InChI is InChI=1S/C48H30N2O/c1-3-13-32(14-4-1)46-41-28-27-31-17-11-23-38(44(31)47(41)50-48(49-46)33-15-5-2-6-16-33)36-20-9-18-34(29-36)35-19-10-21-37(30-35)39-24-12-26-43-45(39)40-22-7-8-25-42(40)51-43/h1-30H. The zero-order valence-corrected chi connectivity index (χ0v) is 27.6. The molecular formula is C48H30N2O. The molecule has 0 amide bonds. The Morgan fingerprint density at radius 2 is 0.922 bits per heavy atom. The van der Waals surface area contributed by atoms with E-state index in [2.05, 4.69) is 146 Å². The predicted molar refractivity (Wildman–Crippen MR) is 212 cm³/mol. The van der Waals surface area contributed by atoms with Crippen molar-refractivity contribution in [3.05, 3.63) is 182 Å². The van der Waals surface area contributed by atoms with E-state index in [1.54, 1.807) is 0 Å². The van der Waals surface area contributed by atoms with Crippen molar-refractivity contribution in [3.8, 4) is 56.0 Å². The van der Waals surface area contributed by atoms with Gasteiger partial charge in [-0.2, -0.15) is 0 Å². The summed E-state index contributed by atoms with van der Waals surface area (Å²) >= 11 is 0. The highest BCUT2D eigenvalue weighted by atomic mass is 16.3. The lowest BCUT2D eigenvalue weighted by atomic mass is 9.92. The molecule has 0 aliphatic heterocycles. The Bertz CT molecular complexity index is 2910. The Labute approximate surface area is 295 Å². The van der Waals surface area contributed by atoms with Crippen LogP contribution in [0.25, 0.3) is 99.6 Å². The van der Waals surface area contributed by atoms with Gasteiger partial charge in [0.25, 0.3) is 0 Å². The van der Waals surface area contributed by atoms with Gasteiger partial charge in [-0.1, -0.05) is 152 Å². The highest BCUT2D eigenvalue weighted by Gasteiger charge is 2.17. The summed E-state index contributed by atoms with van der Waals surface area (Å²) in [6.07, 6.45) is 0. The SMILES string of the molecule is c1ccc(-c2nc(-c3ccccc3)c3ccc4cccc(-c5cccc(-c6cccc(-c7cccc8oc9ccccc9c78)c6)c5)c4c3n2)cc1. The van der Waals surface area contributed by atoms with E-state index in [0.29, 0.717) is 0 Å². The first-order chi connectivity index (χ1) is 25.3. The molecule has 10 aromatic rings. The number of nitrogens with zero attached hydrogens (tertiary/aromatic N) is 2. The highest BCUT2D eigenvalue weighted by molar-refractivity contribution is 6.16. The molecule has 2 aromatic heterocycles. The van der Waals surface area contributed by atoms with Gasteiger partial charge in [-0.25, -0.2) is 9.97 Å². The Hall–Kier alpha value is -6.84. The van der Waals surface area contributed by atoms with Gasteiger partial charge in [-0.3, -0.25) is 0 Å². The van der Waals surface area contributed by atoms with Gasteiger partial charge in [0.15, 0.2) is 5.82 Å². The molecule has 51 heavy (non-hydrogen) atoms. The number of fused-ring (bicyclic) bond motifs is 6. The average molecular weight is 651 g/mol. The monoisotopic (exact) mass is 650 g/mol. The molecule has 0 aliphatic carbocycles. The third-order valence-corrected chi connectivity index (χ3v) is 9.87. The van der Waals surface area contributed by atoms with Gasteiger partial charge in [-0.15, -0.1) is 0 Å². The molecule has 10 rings (SSSR count). The van der Waals surface area contributed by atoms with Gasteiger partial charge in [-0.05, 0) is 69.1 Å². The van der Waals surface area contributed by atoms with Crippen molar-refractivity contribution < 1.29 is 4.42 Å². The van der Waals surface area contributed by atoms with Crippen molar-refractivity contribution in [2.45, 2.75) is 0 Å². The van der Waals surface area contributed by atoms with Crippen LogP contribution in [0.2, 0.25) is 0 Å². The summed E-state index contributed by atoms with van der Waals surface area (Å²) in [4.78, 5) is 10.4. The van der Waals surface area contributed by atoms with E-state index >= 15 is 0 Å².